The van der Waals surface area contributed by atoms with Crippen LogP contribution in [-0.4, -0.2) is 56.6 Å². The van der Waals surface area contributed by atoms with E-state index in [0.29, 0.717) is 0 Å². The van der Waals surface area contributed by atoms with E-state index >= 15 is 0 Å². The van der Waals surface area contributed by atoms with Crippen LogP contribution in [0.25, 0.3) is 0 Å². The molecule has 0 amide bonds. The zero-order valence-corrected chi connectivity index (χ0v) is 33.6. The molecule has 0 aromatic heterocycles. The SMILES string of the molecule is CCCCCCCCC=CCCCCCCCCOCC(C[N+]12CCC(CC1)CC2)OCCCCCCCCC=CCCCCCCCC. The second-order valence-electron chi connectivity index (χ2n) is 16.4. The van der Waals surface area contributed by atoms with E-state index in [1.165, 1.54) is 230 Å². The summed E-state index contributed by atoms with van der Waals surface area (Å²) in [6, 6.07) is 0. The fourth-order valence-electron chi connectivity index (χ4n) is 8.26. The van der Waals surface area contributed by atoms with E-state index in [2.05, 4.69) is 38.2 Å². The summed E-state index contributed by atoms with van der Waals surface area (Å²) in [6.07, 6.45) is 52.4. The second-order valence-corrected chi connectivity index (χ2v) is 16.4. The van der Waals surface area contributed by atoms with Gasteiger partial charge in [-0.05, 0) is 89.4 Å². The minimum atomic E-state index is 0.284. The van der Waals surface area contributed by atoms with Crippen molar-refractivity contribution in [3.63, 3.8) is 0 Å². The monoisotopic (exact) mass is 687 g/mol. The van der Waals surface area contributed by atoms with Gasteiger partial charge in [-0.3, -0.25) is 0 Å². The van der Waals surface area contributed by atoms with Crippen LogP contribution in [0.1, 0.15) is 213 Å². The summed E-state index contributed by atoms with van der Waals surface area (Å²) in [4.78, 5) is 0. The molecule has 0 N–H and O–H groups in total. The van der Waals surface area contributed by atoms with Gasteiger partial charge in [-0.1, -0.05) is 154 Å². The van der Waals surface area contributed by atoms with Gasteiger partial charge in [-0.25, -0.2) is 0 Å². The number of fused-ring (bicyclic) bond motifs is 3. The Balaban J connectivity index is 1.45. The van der Waals surface area contributed by atoms with Crippen LogP contribution >= 0.6 is 0 Å². The van der Waals surface area contributed by atoms with Crippen molar-refractivity contribution in [1.29, 1.82) is 0 Å². The third-order valence-corrected chi connectivity index (χ3v) is 11.7. The maximum Gasteiger partial charge on any atom is 0.130 e. The van der Waals surface area contributed by atoms with Crippen LogP contribution in [-0.2, 0) is 9.47 Å². The molecule has 1 unspecified atom stereocenters. The molecule has 1 atom stereocenters. The minimum Gasteiger partial charge on any atom is -0.379 e. The predicted molar refractivity (Wildman–Crippen MR) is 217 cm³/mol. The summed E-state index contributed by atoms with van der Waals surface area (Å²) >= 11 is 0. The molecule has 3 fully saturated rings. The summed E-state index contributed by atoms with van der Waals surface area (Å²) in [5.41, 5.74) is 0. The summed E-state index contributed by atoms with van der Waals surface area (Å²) in [7, 11) is 0. The van der Waals surface area contributed by atoms with E-state index in [-0.39, 0.29) is 6.10 Å². The molecule has 2 bridgehead atoms. The standard InChI is InChI=1S/C46H88NO2/c1-3-5-7-9-11-13-15-17-19-21-23-25-27-29-31-33-41-48-44-46(43-47-38-35-45(36-39-47)37-40-47)49-42-34-32-30-28-26-24-22-20-18-16-14-12-10-8-6-4-2/h17-20,45-46H,3-16,21-44H2,1-2H3/q+1. The fraction of sp³-hybridized carbons (Fsp3) is 0.913. The molecule has 3 nitrogen and oxygen atoms in total. The zero-order valence-electron chi connectivity index (χ0n) is 33.6. The maximum atomic E-state index is 6.59. The van der Waals surface area contributed by atoms with E-state index in [4.69, 9.17) is 9.47 Å². The van der Waals surface area contributed by atoms with Gasteiger partial charge in [-0.2, -0.15) is 0 Å². The van der Waals surface area contributed by atoms with E-state index in [1.807, 2.05) is 0 Å². The molecule has 0 radical (unpaired) electrons. The van der Waals surface area contributed by atoms with E-state index < -0.39 is 0 Å². The highest BCUT2D eigenvalue weighted by Gasteiger charge is 2.41. The van der Waals surface area contributed by atoms with Crippen LogP contribution in [0.15, 0.2) is 24.3 Å². The van der Waals surface area contributed by atoms with Crippen molar-refractivity contribution < 1.29 is 14.0 Å². The van der Waals surface area contributed by atoms with Gasteiger partial charge in [0.1, 0.15) is 12.6 Å². The number of quaternary nitrogens is 1. The molecule has 3 heteroatoms. The lowest BCUT2D eigenvalue weighted by Crippen LogP contribution is -2.61. The smallest absolute Gasteiger partial charge is 0.130 e. The molecule has 3 aliphatic heterocycles. The van der Waals surface area contributed by atoms with Gasteiger partial charge in [0.05, 0.1) is 26.2 Å². The highest BCUT2D eigenvalue weighted by Crippen LogP contribution is 2.34. The molecule has 0 aromatic rings. The Morgan fingerprint density at radius 3 is 1.27 bits per heavy atom. The Morgan fingerprint density at radius 1 is 0.469 bits per heavy atom. The van der Waals surface area contributed by atoms with Crippen LogP contribution in [0.5, 0.6) is 0 Å². The number of piperidine rings is 3. The molecule has 0 aliphatic carbocycles. The van der Waals surface area contributed by atoms with Crippen molar-refractivity contribution in [2.24, 2.45) is 5.92 Å². The Morgan fingerprint density at radius 2 is 0.837 bits per heavy atom. The summed E-state index contributed by atoms with van der Waals surface area (Å²) in [6.45, 7) is 12.6. The number of allylic oxidation sites excluding steroid dienone is 4. The van der Waals surface area contributed by atoms with E-state index in [0.717, 1.165) is 25.7 Å². The first kappa shape index (κ1) is 44.5. The largest absolute Gasteiger partial charge is 0.379 e. The molecule has 0 saturated carbocycles. The molecule has 0 aromatic carbocycles. The Bertz CT molecular complexity index is 726. The maximum absolute atomic E-state index is 6.59. The van der Waals surface area contributed by atoms with Crippen LogP contribution in [0.4, 0.5) is 0 Å². The normalized spacial score (nSPS) is 19.9. The van der Waals surface area contributed by atoms with Crippen LogP contribution in [0.2, 0.25) is 0 Å². The van der Waals surface area contributed by atoms with Crippen molar-refractivity contribution in [3.05, 3.63) is 24.3 Å². The van der Waals surface area contributed by atoms with Gasteiger partial charge in [-0.15, -0.1) is 0 Å². The molecule has 49 heavy (non-hydrogen) atoms. The molecule has 3 rings (SSSR count). The molecular weight excluding hydrogens is 599 g/mol. The molecule has 288 valence electrons. The highest BCUT2D eigenvalue weighted by atomic mass is 16.5. The first-order chi connectivity index (χ1) is 24.3. The van der Waals surface area contributed by atoms with Crippen LogP contribution < -0.4 is 0 Å². The topological polar surface area (TPSA) is 18.5 Å². The lowest BCUT2D eigenvalue weighted by atomic mass is 9.85. The van der Waals surface area contributed by atoms with Crippen LogP contribution in [0.3, 0.4) is 0 Å². The van der Waals surface area contributed by atoms with Crippen molar-refractivity contribution in [1.82, 2.24) is 0 Å². The van der Waals surface area contributed by atoms with Crippen molar-refractivity contribution in [3.8, 4) is 0 Å². The van der Waals surface area contributed by atoms with Crippen molar-refractivity contribution >= 4 is 0 Å². The van der Waals surface area contributed by atoms with Gasteiger partial charge >= 0.3 is 0 Å². The lowest BCUT2D eigenvalue weighted by molar-refractivity contribution is -0.945. The van der Waals surface area contributed by atoms with Gasteiger partial charge in [0, 0.05) is 13.2 Å². The Kier molecular flexibility index (Phi) is 30.2. The second kappa shape index (κ2) is 33.2. The number of ether oxygens (including phenoxy) is 2. The third-order valence-electron chi connectivity index (χ3n) is 11.7. The van der Waals surface area contributed by atoms with E-state index in [1.54, 1.807) is 0 Å². The summed E-state index contributed by atoms with van der Waals surface area (Å²) < 4.78 is 14.2. The highest BCUT2D eigenvalue weighted by molar-refractivity contribution is 4.82. The van der Waals surface area contributed by atoms with Crippen LogP contribution in [0, 0.1) is 5.92 Å². The van der Waals surface area contributed by atoms with Crippen molar-refractivity contribution in [2.45, 2.75) is 219 Å². The number of unbranched alkanes of at least 4 members (excludes halogenated alkanes) is 24. The summed E-state index contributed by atoms with van der Waals surface area (Å²) in [5.74, 6) is 1.02. The van der Waals surface area contributed by atoms with E-state index in [9.17, 15) is 0 Å². The van der Waals surface area contributed by atoms with Gasteiger partial charge in [0.15, 0.2) is 0 Å². The fourth-order valence-corrected chi connectivity index (χ4v) is 8.26. The molecular formula is C46H88NO2+. The van der Waals surface area contributed by atoms with Crippen molar-refractivity contribution in [2.75, 3.05) is 46.0 Å². The molecule has 0 spiro atoms. The average Bonchev–Trinajstić information content (AvgIpc) is 3.13. The number of rotatable bonds is 37. The van der Waals surface area contributed by atoms with Gasteiger partial charge in [0.2, 0.25) is 0 Å². The summed E-state index contributed by atoms with van der Waals surface area (Å²) in [5, 5.41) is 0. The first-order valence-corrected chi connectivity index (χ1v) is 22.6. The molecule has 3 aliphatic rings. The predicted octanol–water partition coefficient (Wildman–Crippen LogP) is 14.1. The van der Waals surface area contributed by atoms with Gasteiger partial charge < -0.3 is 14.0 Å². The molecule has 3 saturated heterocycles. The first-order valence-electron chi connectivity index (χ1n) is 22.6. The third kappa shape index (κ3) is 25.9. The van der Waals surface area contributed by atoms with Gasteiger partial charge in [0.25, 0.3) is 0 Å². The Labute approximate surface area is 308 Å². The number of hydrogen-bond acceptors (Lipinski definition) is 2. The zero-order chi connectivity index (χ0) is 34.8. The lowest BCUT2D eigenvalue weighted by Gasteiger charge is -2.50. The Hall–Kier alpha value is -0.640. The minimum absolute atomic E-state index is 0.284. The number of nitrogens with zero attached hydrogens (tertiary/aromatic N) is 1. The number of hydrogen-bond donors (Lipinski definition) is 0. The average molecular weight is 687 g/mol. The quantitative estimate of drug-likeness (QED) is 0.0368. The molecule has 3 heterocycles.